The Bertz CT molecular complexity index is 1450. The van der Waals surface area contributed by atoms with Crippen molar-refractivity contribution in [1.82, 2.24) is 4.90 Å². The normalized spacial score (nSPS) is 13.0. The first-order valence-electron chi connectivity index (χ1n) is 16.3. The summed E-state index contributed by atoms with van der Waals surface area (Å²) in [6.45, 7) is 18.8. The predicted molar refractivity (Wildman–Crippen MR) is 190 cm³/mol. The second-order valence-electron chi connectivity index (χ2n) is 13.6. The van der Waals surface area contributed by atoms with Gasteiger partial charge in [0.2, 0.25) is 0 Å². The van der Waals surface area contributed by atoms with E-state index in [9.17, 15) is 4.79 Å². The van der Waals surface area contributed by atoms with E-state index in [0.29, 0.717) is 24.4 Å². The fourth-order valence-corrected chi connectivity index (χ4v) is 11.3. The van der Waals surface area contributed by atoms with E-state index in [1.165, 1.54) is 22.9 Å². The molecule has 4 rings (SSSR count). The van der Waals surface area contributed by atoms with E-state index in [-0.39, 0.29) is 16.9 Å². The Kier molecular flexibility index (Phi) is 11.6. The summed E-state index contributed by atoms with van der Waals surface area (Å²) < 4.78 is 13.2. The molecule has 4 aromatic carbocycles. The van der Waals surface area contributed by atoms with Crippen LogP contribution in [-0.2, 0) is 15.8 Å². The summed E-state index contributed by atoms with van der Waals surface area (Å²) in [4.78, 5) is 14.8. The summed E-state index contributed by atoms with van der Waals surface area (Å²) in [5.41, 5.74) is 3.30. The Morgan fingerprint density at radius 1 is 0.756 bits per heavy atom. The maximum atomic E-state index is 12.3. The Labute approximate surface area is 272 Å². The highest BCUT2D eigenvalue weighted by molar-refractivity contribution is 6.99. The topological polar surface area (TPSA) is 38.8 Å². The molecule has 0 saturated heterocycles. The Hall–Kier alpha value is -3.51. The highest BCUT2D eigenvalue weighted by Crippen LogP contribution is 2.39. The van der Waals surface area contributed by atoms with Crippen LogP contribution in [0.2, 0.25) is 5.04 Å². The van der Waals surface area contributed by atoms with Crippen LogP contribution in [0.3, 0.4) is 0 Å². The lowest BCUT2D eigenvalue weighted by Gasteiger charge is -2.43. The van der Waals surface area contributed by atoms with Gasteiger partial charge in [-0.1, -0.05) is 118 Å². The fourth-order valence-electron chi connectivity index (χ4n) is 6.74. The fraction of sp³-hybridized carbons (Fsp3) is 0.375. The number of hydrogen-bond acceptors (Lipinski definition) is 4. The minimum atomic E-state index is -2.73. The van der Waals surface area contributed by atoms with Crippen molar-refractivity contribution in [1.29, 1.82) is 0 Å². The van der Waals surface area contributed by atoms with Gasteiger partial charge in [0.25, 0.3) is 8.32 Å². The van der Waals surface area contributed by atoms with Gasteiger partial charge in [-0.3, -0.25) is 9.69 Å². The minimum Gasteiger partial charge on any atom is -0.426 e. The average molecular weight is 622 g/mol. The number of ether oxygens (including phenoxy) is 1. The molecule has 0 spiro atoms. The number of esters is 1. The van der Waals surface area contributed by atoms with Crippen molar-refractivity contribution in [3.8, 4) is 5.75 Å². The molecule has 1 atom stereocenters. The molecule has 0 aliphatic heterocycles. The molecule has 45 heavy (non-hydrogen) atoms. The van der Waals surface area contributed by atoms with Gasteiger partial charge in [0.15, 0.2) is 0 Å². The molecule has 4 nitrogen and oxygen atoms in total. The second kappa shape index (κ2) is 15.2. The van der Waals surface area contributed by atoms with Gasteiger partial charge in [0.1, 0.15) is 5.75 Å². The van der Waals surface area contributed by atoms with Gasteiger partial charge in [-0.2, -0.15) is 0 Å². The zero-order chi connectivity index (χ0) is 32.6. The number of benzene rings is 4. The average Bonchev–Trinajstić information content (AvgIpc) is 3.00. The van der Waals surface area contributed by atoms with E-state index in [4.69, 9.17) is 9.16 Å². The highest BCUT2D eigenvalue weighted by Gasteiger charge is 2.50. The number of carbonyl (C=O) groups is 1. The minimum absolute atomic E-state index is 0.0494. The molecule has 0 saturated carbocycles. The van der Waals surface area contributed by atoms with E-state index in [2.05, 4.69) is 156 Å². The van der Waals surface area contributed by atoms with Gasteiger partial charge in [0, 0.05) is 30.5 Å². The van der Waals surface area contributed by atoms with Crippen molar-refractivity contribution >= 4 is 24.7 Å². The number of nitrogens with zero attached hydrogens (tertiary/aromatic N) is 1. The van der Waals surface area contributed by atoms with E-state index in [1.54, 1.807) is 0 Å². The Morgan fingerprint density at radius 3 is 1.73 bits per heavy atom. The van der Waals surface area contributed by atoms with Crippen molar-refractivity contribution in [2.45, 2.75) is 91.5 Å². The smallest absolute Gasteiger partial charge is 0.308 e. The molecule has 0 aliphatic rings. The zero-order valence-electron chi connectivity index (χ0n) is 28.4. The number of rotatable bonds is 13. The van der Waals surface area contributed by atoms with Crippen LogP contribution in [-0.4, -0.2) is 37.8 Å². The zero-order valence-corrected chi connectivity index (χ0v) is 29.4. The van der Waals surface area contributed by atoms with Crippen LogP contribution < -0.4 is 15.1 Å². The first kappa shape index (κ1) is 34.4. The van der Waals surface area contributed by atoms with Crippen LogP contribution in [0.25, 0.3) is 0 Å². The quantitative estimate of drug-likeness (QED) is 0.0855. The number of hydrogen-bond donors (Lipinski definition) is 0. The summed E-state index contributed by atoms with van der Waals surface area (Å²) in [7, 11) is -2.73. The summed E-state index contributed by atoms with van der Waals surface area (Å²) >= 11 is 0. The molecule has 0 bridgehead atoms. The summed E-state index contributed by atoms with van der Waals surface area (Å²) in [5, 5.41) is 2.38. The molecule has 0 fully saturated rings. The lowest BCUT2D eigenvalue weighted by molar-refractivity contribution is -0.131. The third-order valence-electron chi connectivity index (χ3n) is 8.78. The van der Waals surface area contributed by atoms with Gasteiger partial charge in [0.05, 0.1) is 6.61 Å². The van der Waals surface area contributed by atoms with Crippen molar-refractivity contribution in [2.75, 3.05) is 6.54 Å². The van der Waals surface area contributed by atoms with Gasteiger partial charge >= 0.3 is 5.97 Å². The lowest BCUT2D eigenvalue weighted by atomic mass is 9.86. The summed E-state index contributed by atoms with van der Waals surface area (Å²) in [6.07, 6.45) is 0.896. The molecule has 0 heterocycles. The molecular weight excluding hydrogens is 571 g/mol. The van der Waals surface area contributed by atoms with Crippen LogP contribution >= 0.6 is 0 Å². The molecule has 5 heteroatoms. The maximum Gasteiger partial charge on any atom is 0.308 e. The van der Waals surface area contributed by atoms with Crippen molar-refractivity contribution in [3.63, 3.8) is 0 Å². The van der Waals surface area contributed by atoms with Gasteiger partial charge in [-0.25, -0.2) is 0 Å². The standard InChI is InChI=1S/C40H51NO3Si/c1-30(2)41(31(3)4)27-26-37(34-18-12-9-13-19-34)38-28-33(24-25-39(38)44-32(5)42)29-43-45(40(6,7)8,35-20-14-10-15-21-35)36-22-16-11-17-23-36/h9-25,28,30-31,37H,26-27,29H2,1-8H3. The maximum absolute atomic E-state index is 12.3. The van der Waals surface area contributed by atoms with Crippen LogP contribution in [0.4, 0.5) is 0 Å². The van der Waals surface area contributed by atoms with E-state index < -0.39 is 8.32 Å². The van der Waals surface area contributed by atoms with Gasteiger partial charge in [-0.15, -0.1) is 0 Å². The summed E-state index contributed by atoms with van der Waals surface area (Å²) in [5.74, 6) is 0.352. The largest absolute Gasteiger partial charge is 0.426 e. The Morgan fingerprint density at radius 2 is 1.27 bits per heavy atom. The molecule has 0 amide bonds. The highest BCUT2D eigenvalue weighted by atomic mass is 28.4. The third kappa shape index (κ3) is 8.21. The molecule has 4 aromatic rings. The van der Waals surface area contributed by atoms with Crippen LogP contribution in [0.15, 0.2) is 109 Å². The monoisotopic (exact) mass is 621 g/mol. The van der Waals surface area contributed by atoms with Gasteiger partial charge in [-0.05, 0) is 79.3 Å². The predicted octanol–water partition coefficient (Wildman–Crippen LogP) is 8.33. The van der Waals surface area contributed by atoms with Crippen molar-refractivity contribution in [3.05, 3.63) is 126 Å². The SMILES string of the molecule is CC(=O)Oc1ccc(CO[Si](c2ccccc2)(c2ccccc2)C(C)(C)C)cc1C(CCN(C(C)C)C(C)C)c1ccccc1. The van der Waals surface area contributed by atoms with Crippen LogP contribution in [0.5, 0.6) is 5.75 Å². The molecular formula is C40H51NO3Si. The summed E-state index contributed by atoms with van der Waals surface area (Å²) in [6, 6.07) is 39.2. The molecule has 0 radical (unpaired) electrons. The van der Waals surface area contributed by atoms with Gasteiger partial charge < -0.3 is 9.16 Å². The first-order valence-corrected chi connectivity index (χ1v) is 18.2. The number of carbonyl (C=O) groups excluding carboxylic acids is 1. The van der Waals surface area contributed by atoms with Crippen molar-refractivity contribution in [2.24, 2.45) is 0 Å². The van der Waals surface area contributed by atoms with Crippen LogP contribution in [0, 0.1) is 0 Å². The molecule has 1 unspecified atom stereocenters. The molecule has 238 valence electrons. The molecule has 0 aliphatic carbocycles. The van der Waals surface area contributed by atoms with E-state index in [1.807, 2.05) is 6.07 Å². The van der Waals surface area contributed by atoms with E-state index >= 15 is 0 Å². The molecule has 0 N–H and O–H groups in total. The van der Waals surface area contributed by atoms with E-state index in [0.717, 1.165) is 24.1 Å². The second-order valence-corrected chi connectivity index (χ2v) is 17.9. The molecule has 0 aromatic heterocycles. The Balaban J connectivity index is 1.79. The van der Waals surface area contributed by atoms with Crippen molar-refractivity contribution < 1.29 is 14.0 Å². The third-order valence-corrected chi connectivity index (χ3v) is 13.8. The van der Waals surface area contributed by atoms with Crippen LogP contribution in [0.1, 0.15) is 84.4 Å². The lowest BCUT2D eigenvalue weighted by Crippen LogP contribution is -2.66. The first-order chi connectivity index (χ1) is 21.4.